The van der Waals surface area contributed by atoms with Crippen LogP contribution in [0.3, 0.4) is 0 Å². The summed E-state index contributed by atoms with van der Waals surface area (Å²) in [5.41, 5.74) is 6.32. The number of nitrogens with zero attached hydrogens (tertiary/aromatic N) is 2. The van der Waals surface area contributed by atoms with Crippen LogP contribution in [0.1, 0.15) is 40.9 Å². The molecule has 0 aliphatic heterocycles. The van der Waals surface area contributed by atoms with E-state index in [1.165, 1.54) is 0 Å². The lowest BCUT2D eigenvalue weighted by Crippen LogP contribution is -2.23. The lowest BCUT2D eigenvalue weighted by Gasteiger charge is -2.16. The van der Waals surface area contributed by atoms with E-state index in [2.05, 4.69) is 15.6 Å². The third-order valence-electron chi connectivity index (χ3n) is 4.84. The van der Waals surface area contributed by atoms with Gasteiger partial charge in [-0.1, -0.05) is 37.3 Å². The van der Waals surface area contributed by atoms with Gasteiger partial charge in [0.2, 0.25) is 5.95 Å². The van der Waals surface area contributed by atoms with Crippen LogP contribution in [0.2, 0.25) is 0 Å². The Labute approximate surface area is 177 Å². The molecular weight excluding hydrogens is 396 g/mol. The van der Waals surface area contributed by atoms with Crippen molar-refractivity contribution >= 4 is 34.1 Å². The maximum Gasteiger partial charge on any atom is 0.220 e. The quantitative estimate of drug-likeness (QED) is 0.442. The molecule has 7 heteroatoms. The third kappa shape index (κ3) is 4.53. The zero-order chi connectivity index (χ0) is 21.9. The second-order valence-corrected chi connectivity index (χ2v) is 8.71. The molecule has 0 bridgehead atoms. The summed E-state index contributed by atoms with van der Waals surface area (Å²) in [5, 5.41) is 5.65. The number of aldehydes is 1. The number of nitrogens with one attached hydrogen (secondary N) is 1. The van der Waals surface area contributed by atoms with Crippen LogP contribution < -0.4 is 9.86 Å². The van der Waals surface area contributed by atoms with Gasteiger partial charge in [0, 0.05) is 16.8 Å². The van der Waals surface area contributed by atoms with Crippen molar-refractivity contribution in [2.75, 3.05) is 4.72 Å². The molecule has 30 heavy (non-hydrogen) atoms. The molecule has 0 fully saturated rings. The lowest BCUT2D eigenvalue weighted by molar-refractivity contribution is 0.112. The number of imidazole rings is 1. The van der Waals surface area contributed by atoms with Crippen LogP contribution >= 0.6 is 0 Å². The van der Waals surface area contributed by atoms with Crippen molar-refractivity contribution in [1.29, 1.82) is 0 Å². The fourth-order valence-corrected chi connectivity index (χ4v) is 3.81. The molecule has 0 saturated heterocycles. The smallest absolute Gasteiger partial charge is 0.220 e. The molecule has 3 N–H and O–H groups in total. The van der Waals surface area contributed by atoms with Gasteiger partial charge < -0.3 is 0 Å². The van der Waals surface area contributed by atoms with Gasteiger partial charge in [0.1, 0.15) is 16.2 Å². The molecule has 0 aliphatic rings. The second kappa shape index (κ2) is 8.69. The van der Waals surface area contributed by atoms with Crippen LogP contribution in [0.15, 0.2) is 48.7 Å². The summed E-state index contributed by atoms with van der Waals surface area (Å²) in [7, 11) is -3.02. The molecule has 2 aromatic carbocycles. The molecule has 1 unspecified atom stereocenters. The minimum absolute atomic E-state index is 0.334. The maximum absolute atomic E-state index is 12.1. The van der Waals surface area contributed by atoms with E-state index in [0.717, 1.165) is 46.3 Å². The fourth-order valence-electron chi connectivity index (χ4n) is 3.36. The van der Waals surface area contributed by atoms with Crippen molar-refractivity contribution in [3.63, 3.8) is 0 Å². The number of aryl methyl sites for hydroxylation is 2. The molecule has 0 radical (unpaired) electrons. The zero-order valence-electron chi connectivity index (χ0n) is 17.4. The number of hydrogen-bond acceptors (Lipinski definition) is 3. The van der Waals surface area contributed by atoms with Gasteiger partial charge >= 0.3 is 0 Å². The van der Waals surface area contributed by atoms with Gasteiger partial charge in [0.15, 0.2) is 0 Å². The number of nitrogens with two attached hydrogens (primary N) is 1. The van der Waals surface area contributed by atoms with E-state index in [-0.39, 0.29) is 0 Å². The number of hydrogen-bond donors (Lipinski definition) is 2. The van der Waals surface area contributed by atoms with Gasteiger partial charge in [-0.3, -0.25) is 14.1 Å². The van der Waals surface area contributed by atoms with Crippen LogP contribution in [0.5, 0.6) is 0 Å². The summed E-state index contributed by atoms with van der Waals surface area (Å²) in [4.78, 5) is 15.7. The molecule has 0 spiro atoms. The van der Waals surface area contributed by atoms with Crippen LogP contribution in [-0.2, 0) is 16.3 Å². The van der Waals surface area contributed by atoms with E-state index in [1.54, 1.807) is 12.3 Å². The van der Waals surface area contributed by atoms with Crippen molar-refractivity contribution in [2.24, 2.45) is 5.14 Å². The fraction of sp³-hybridized carbons (Fsp3) is 0.174. The predicted molar refractivity (Wildman–Crippen MR) is 126 cm³/mol. The summed E-state index contributed by atoms with van der Waals surface area (Å²) in [6.07, 6.45) is 7.30. The van der Waals surface area contributed by atoms with Gasteiger partial charge in [-0.2, -0.15) is 0 Å². The highest BCUT2D eigenvalue weighted by molar-refractivity contribution is 7.99. The Balaban J connectivity index is 2.26. The van der Waals surface area contributed by atoms with Crippen molar-refractivity contribution in [1.82, 2.24) is 9.55 Å². The van der Waals surface area contributed by atoms with Gasteiger partial charge in [-0.05, 0) is 61.0 Å². The molecule has 0 amide bonds. The molecule has 6 nitrogen and oxygen atoms in total. The van der Waals surface area contributed by atoms with E-state index in [1.807, 2.05) is 67.8 Å². The number of carbonyl (C=O) groups excluding carboxylic acids is 1. The summed E-state index contributed by atoms with van der Waals surface area (Å²) >= 11 is 0. The summed E-state index contributed by atoms with van der Waals surface area (Å²) in [6, 6.07) is 11.7. The van der Waals surface area contributed by atoms with Gasteiger partial charge in [-0.25, -0.2) is 14.3 Å². The minimum atomic E-state index is -3.02. The molecule has 3 rings (SSSR count). The van der Waals surface area contributed by atoms with Crippen LogP contribution in [0.25, 0.3) is 23.0 Å². The normalized spacial score (nSPS) is 13.3. The number of anilines is 1. The highest BCUT2D eigenvalue weighted by atomic mass is 32.2. The summed E-state index contributed by atoms with van der Waals surface area (Å²) in [6.45, 7) is 6.02. The van der Waals surface area contributed by atoms with E-state index in [4.69, 9.17) is 5.14 Å². The zero-order valence-corrected chi connectivity index (χ0v) is 18.2. The molecule has 0 saturated carbocycles. The Kier molecular flexibility index (Phi) is 6.24. The number of benzene rings is 2. The van der Waals surface area contributed by atoms with Gasteiger partial charge in [0.25, 0.3) is 0 Å². The largest absolute Gasteiger partial charge is 0.298 e. The van der Waals surface area contributed by atoms with Gasteiger partial charge in [-0.15, -0.1) is 0 Å². The van der Waals surface area contributed by atoms with Crippen LogP contribution in [0, 0.1) is 6.92 Å². The number of aromatic nitrogens is 2. The first kappa shape index (κ1) is 21.5. The van der Waals surface area contributed by atoms with Crippen molar-refractivity contribution in [3.8, 4) is 16.9 Å². The molecular formula is C23H26N4O2S. The topological polar surface area (TPSA) is 90.0 Å². The monoisotopic (exact) mass is 422 g/mol. The summed E-state index contributed by atoms with van der Waals surface area (Å²) < 4.78 is 16.7. The second-order valence-electron chi connectivity index (χ2n) is 7.06. The molecule has 1 aromatic heterocycles. The number of carbonyl (C=O) groups is 1. The average Bonchev–Trinajstić information content (AvgIpc) is 3.11. The minimum Gasteiger partial charge on any atom is -0.298 e. The molecule has 1 heterocycles. The Morgan fingerprint density at radius 2 is 2.00 bits per heavy atom. The van der Waals surface area contributed by atoms with E-state index < -0.39 is 9.89 Å². The standard InChI is InChI=1S/C23H26N4O2S/c1-5-7-18-13-21(11-8-16(18)3)27-22(14-25-23(27)26-30(4,24)29)19-9-10-20(15-28)17(6-2)12-19/h5,7-15H,4,6H2,1-3H3,(H3,24,25,26,29)/b7-5-. The highest BCUT2D eigenvalue weighted by Gasteiger charge is 2.17. The maximum atomic E-state index is 12.1. The van der Waals surface area contributed by atoms with Crippen LogP contribution in [-0.4, -0.2) is 25.9 Å². The Morgan fingerprint density at radius 1 is 1.23 bits per heavy atom. The first-order valence-electron chi connectivity index (χ1n) is 9.60. The lowest BCUT2D eigenvalue weighted by atomic mass is 10.0. The molecule has 156 valence electrons. The highest BCUT2D eigenvalue weighted by Crippen LogP contribution is 2.30. The summed E-state index contributed by atoms with van der Waals surface area (Å²) in [5.74, 6) is 3.82. The van der Waals surface area contributed by atoms with Crippen molar-refractivity contribution < 1.29 is 9.00 Å². The average molecular weight is 423 g/mol. The van der Waals surface area contributed by atoms with E-state index >= 15 is 0 Å². The van der Waals surface area contributed by atoms with Crippen molar-refractivity contribution in [3.05, 3.63) is 70.9 Å². The van der Waals surface area contributed by atoms with E-state index in [0.29, 0.717) is 11.5 Å². The molecule has 3 aromatic rings. The third-order valence-corrected chi connectivity index (χ3v) is 5.37. The number of allylic oxidation sites excluding steroid dienone is 1. The molecule has 1 atom stereocenters. The van der Waals surface area contributed by atoms with E-state index in [9.17, 15) is 9.00 Å². The number of rotatable bonds is 7. The molecule has 0 aliphatic carbocycles. The predicted octanol–water partition coefficient (Wildman–Crippen LogP) is 4.17. The Hall–Kier alpha value is -3.16. The van der Waals surface area contributed by atoms with Crippen molar-refractivity contribution in [2.45, 2.75) is 27.2 Å². The SMILES string of the molecule is C=S(N)(=O)Nc1ncc(-c2ccc(C=O)c(CC)c2)n1-c1ccc(C)c(/C=C\C)c1. The van der Waals surface area contributed by atoms with Gasteiger partial charge in [0.05, 0.1) is 11.9 Å². The Morgan fingerprint density at radius 3 is 2.63 bits per heavy atom. The van der Waals surface area contributed by atoms with Crippen LogP contribution in [0.4, 0.5) is 5.95 Å². The Bertz CT molecular complexity index is 1220. The first-order valence-corrected chi connectivity index (χ1v) is 11.4. The first-order chi connectivity index (χ1) is 14.3.